The molecule has 3 N–H and O–H groups in total. The van der Waals surface area contributed by atoms with Gasteiger partial charge in [-0.15, -0.1) is 0 Å². The van der Waals surface area contributed by atoms with E-state index in [0.29, 0.717) is 25.7 Å². The lowest BCUT2D eigenvalue weighted by atomic mass is 9.99. The van der Waals surface area contributed by atoms with Crippen LogP contribution in [0.2, 0.25) is 0 Å². The highest BCUT2D eigenvalue weighted by molar-refractivity contribution is 7.47. The molecule has 0 heterocycles. The summed E-state index contributed by atoms with van der Waals surface area (Å²) < 4.78 is 68.4. The molecule has 0 aromatic heterocycles. The van der Waals surface area contributed by atoms with Gasteiger partial charge in [-0.2, -0.15) is 0 Å². The van der Waals surface area contributed by atoms with Gasteiger partial charge in [0, 0.05) is 25.7 Å². The van der Waals surface area contributed by atoms with Gasteiger partial charge in [-0.1, -0.05) is 312 Å². The molecule has 0 aliphatic carbocycles. The Labute approximate surface area is 562 Å². The van der Waals surface area contributed by atoms with Gasteiger partial charge in [-0.25, -0.2) is 9.13 Å². The summed E-state index contributed by atoms with van der Waals surface area (Å²) in [6, 6.07) is 0. The lowest BCUT2D eigenvalue weighted by Crippen LogP contribution is -2.30. The summed E-state index contributed by atoms with van der Waals surface area (Å²) in [5.41, 5.74) is 0. The second-order valence-corrected chi connectivity index (χ2v) is 30.4. The van der Waals surface area contributed by atoms with E-state index >= 15 is 0 Å². The molecule has 0 saturated heterocycles. The summed E-state index contributed by atoms with van der Waals surface area (Å²) in [5, 5.41) is 10.6. The van der Waals surface area contributed by atoms with E-state index in [2.05, 4.69) is 55.4 Å². The van der Waals surface area contributed by atoms with Crippen LogP contribution in [-0.2, 0) is 65.4 Å². The minimum atomic E-state index is -4.96. The third kappa shape index (κ3) is 62.8. The first-order chi connectivity index (χ1) is 44.2. The molecule has 0 bridgehead atoms. The SMILES string of the molecule is CCC(C)CCCCCCCCCCCCC(=O)O[C@H](COC(=O)CCCCCCCCCCCCCCCC(C)C)COP(=O)(O)OC[C@@H](O)COP(=O)(O)OC[C@@H](COC(=O)CCCCCCCCC(C)CC)OC(=O)CCCCCCCCCCC(C)CC. The Bertz CT molecular complexity index is 1820. The van der Waals surface area contributed by atoms with Crippen molar-refractivity contribution < 1.29 is 80.2 Å². The van der Waals surface area contributed by atoms with E-state index in [1.165, 1.54) is 161 Å². The molecule has 19 heteroatoms. The smallest absolute Gasteiger partial charge is 0.462 e. The first-order valence-electron chi connectivity index (χ1n) is 37.8. The van der Waals surface area contributed by atoms with Crippen LogP contribution in [0, 0.1) is 23.7 Å². The number of hydrogen-bond acceptors (Lipinski definition) is 15. The van der Waals surface area contributed by atoms with Gasteiger partial charge in [-0.05, 0) is 49.4 Å². The fourth-order valence-corrected chi connectivity index (χ4v) is 12.5. The molecule has 0 aromatic rings. The lowest BCUT2D eigenvalue weighted by Gasteiger charge is -2.21. The molecule has 8 atom stereocenters. The number of phosphoric ester groups is 2. The van der Waals surface area contributed by atoms with Crippen molar-refractivity contribution >= 4 is 39.5 Å². The van der Waals surface area contributed by atoms with Crippen LogP contribution < -0.4 is 0 Å². The van der Waals surface area contributed by atoms with Crippen LogP contribution in [0.4, 0.5) is 0 Å². The van der Waals surface area contributed by atoms with Crippen molar-refractivity contribution in [3.63, 3.8) is 0 Å². The summed E-state index contributed by atoms with van der Waals surface area (Å²) in [5.74, 6) is 0.968. The van der Waals surface area contributed by atoms with Crippen LogP contribution in [0.3, 0.4) is 0 Å². The number of aliphatic hydroxyl groups excluding tert-OH is 1. The van der Waals surface area contributed by atoms with Gasteiger partial charge in [0.2, 0.25) is 0 Å². The maximum atomic E-state index is 13.1. The molecule has 546 valence electrons. The van der Waals surface area contributed by atoms with E-state index in [-0.39, 0.29) is 25.7 Å². The van der Waals surface area contributed by atoms with Gasteiger partial charge in [0.05, 0.1) is 26.4 Å². The van der Waals surface area contributed by atoms with E-state index in [1.807, 2.05) is 0 Å². The van der Waals surface area contributed by atoms with Gasteiger partial charge < -0.3 is 33.8 Å². The van der Waals surface area contributed by atoms with Crippen molar-refractivity contribution in [2.45, 2.75) is 382 Å². The second-order valence-electron chi connectivity index (χ2n) is 27.5. The maximum absolute atomic E-state index is 13.1. The number of phosphoric acid groups is 2. The van der Waals surface area contributed by atoms with Crippen LogP contribution in [0.5, 0.6) is 0 Å². The van der Waals surface area contributed by atoms with Gasteiger partial charge in [-0.3, -0.25) is 37.3 Å². The molecule has 0 amide bonds. The summed E-state index contributed by atoms with van der Waals surface area (Å²) in [6.45, 7) is 14.2. The highest BCUT2D eigenvalue weighted by Crippen LogP contribution is 2.45. The third-order valence-electron chi connectivity index (χ3n) is 17.9. The molecule has 0 aromatic carbocycles. The van der Waals surface area contributed by atoms with Crippen LogP contribution >= 0.6 is 15.6 Å². The Morgan fingerprint density at radius 1 is 0.304 bits per heavy atom. The molecule has 0 radical (unpaired) electrons. The van der Waals surface area contributed by atoms with Crippen molar-refractivity contribution in [3.8, 4) is 0 Å². The van der Waals surface area contributed by atoms with Crippen LogP contribution in [0.1, 0.15) is 364 Å². The Morgan fingerprint density at radius 2 is 0.522 bits per heavy atom. The average molecular weight is 1350 g/mol. The predicted octanol–water partition coefficient (Wildman–Crippen LogP) is 20.9. The second kappa shape index (κ2) is 62.6. The zero-order valence-electron chi connectivity index (χ0n) is 60.2. The summed E-state index contributed by atoms with van der Waals surface area (Å²) >= 11 is 0. The largest absolute Gasteiger partial charge is 0.472 e. The van der Waals surface area contributed by atoms with E-state index in [1.54, 1.807) is 0 Å². The fourth-order valence-electron chi connectivity index (χ4n) is 10.9. The quantitative estimate of drug-likeness (QED) is 0.0222. The fraction of sp³-hybridized carbons (Fsp3) is 0.945. The molecule has 0 fully saturated rings. The average Bonchev–Trinajstić information content (AvgIpc) is 2.98. The number of carbonyl (C=O) groups excluding carboxylic acids is 4. The Balaban J connectivity index is 5.27. The normalized spacial score (nSPS) is 15.1. The molecular formula is C73H142O17P2. The Kier molecular flexibility index (Phi) is 61.3. The van der Waals surface area contributed by atoms with Crippen molar-refractivity contribution in [3.05, 3.63) is 0 Å². The first kappa shape index (κ1) is 90.1. The van der Waals surface area contributed by atoms with E-state index < -0.39 is 97.5 Å². The number of ether oxygens (including phenoxy) is 4. The van der Waals surface area contributed by atoms with E-state index in [0.717, 1.165) is 120 Å². The number of carbonyl (C=O) groups is 4. The molecule has 5 unspecified atom stereocenters. The predicted molar refractivity (Wildman–Crippen MR) is 372 cm³/mol. The van der Waals surface area contributed by atoms with E-state index in [4.69, 9.17) is 37.0 Å². The molecule has 0 aliphatic heterocycles. The van der Waals surface area contributed by atoms with E-state index in [9.17, 15) is 43.2 Å². The number of unbranched alkanes of at least 4 members (excludes halogenated alkanes) is 33. The molecule has 0 saturated carbocycles. The Morgan fingerprint density at radius 3 is 0.772 bits per heavy atom. The summed E-state index contributed by atoms with van der Waals surface area (Å²) in [6.07, 6.45) is 45.7. The highest BCUT2D eigenvalue weighted by Gasteiger charge is 2.30. The lowest BCUT2D eigenvalue weighted by molar-refractivity contribution is -0.161. The van der Waals surface area contributed by atoms with Crippen molar-refractivity contribution in [1.82, 2.24) is 0 Å². The standard InChI is InChI=1S/C73H142O17P2/c1-9-64(6)50-42-34-26-20-17-18-22-29-39-47-55-72(77)89-68(59-83-70(75)53-45-37-28-21-16-14-12-13-15-19-25-33-41-49-63(4)5)61-87-91(79,80)85-57-67(74)58-86-92(81,82)88-62-69(60-84-71(76)54-46-38-32-31-36-44-52-66(8)11-3)90-73(78)56-48-40-30-24-23-27-35-43-51-65(7)10-2/h63-69,74H,9-62H2,1-8H3,(H,79,80)(H,81,82)/t64?,65?,66?,67-,68-,69-/m1/s1. The monoisotopic (exact) mass is 1350 g/mol. The van der Waals surface area contributed by atoms with Crippen molar-refractivity contribution in [2.75, 3.05) is 39.6 Å². The number of rotatable bonds is 70. The van der Waals surface area contributed by atoms with Gasteiger partial charge in [0.25, 0.3) is 0 Å². The van der Waals surface area contributed by atoms with Gasteiger partial charge in [0.1, 0.15) is 19.3 Å². The maximum Gasteiger partial charge on any atom is 0.472 e. The number of aliphatic hydroxyl groups is 1. The minimum absolute atomic E-state index is 0.104. The van der Waals surface area contributed by atoms with Crippen LogP contribution in [0.15, 0.2) is 0 Å². The molecular weight excluding hydrogens is 1210 g/mol. The Hall–Kier alpha value is -1.94. The molecule has 92 heavy (non-hydrogen) atoms. The highest BCUT2D eigenvalue weighted by atomic mass is 31.2. The molecule has 0 spiro atoms. The molecule has 0 aliphatic rings. The molecule has 17 nitrogen and oxygen atoms in total. The zero-order valence-corrected chi connectivity index (χ0v) is 62.0. The van der Waals surface area contributed by atoms with Crippen LogP contribution in [-0.4, -0.2) is 96.7 Å². The van der Waals surface area contributed by atoms with Crippen LogP contribution in [0.25, 0.3) is 0 Å². The van der Waals surface area contributed by atoms with Gasteiger partial charge in [0.15, 0.2) is 12.2 Å². The summed E-state index contributed by atoms with van der Waals surface area (Å²) in [7, 11) is -9.91. The zero-order chi connectivity index (χ0) is 68.2. The number of esters is 4. The van der Waals surface area contributed by atoms with Crippen molar-refractivity contribution in [2.24, 2.45) is 23.7 Å². The van der Waals surface area contributed by atoms with Gasteiger partial charge >= 0.3 is 39.5 Å². The molecule has 0 rings (SSSR count). The minimum Gasteiger partial charge on any atom is -0.462 e. The first-order valence-corrected chi connectivity index (χ1v) is 40.8. The number of hydrogen-bond donors (Lipinski definition) is 3. The topological polar surface area (TPSA) is 237 Å². The summed E-state index contributed by atoms with van der Waals surface area (Å²) in [4.78, 5) is 72.7. The third-order valence-corrected chi connectivity index (χ3v) is 19.8. The van der Waals surface area contributed by atoms with Crippen molar-refractivity contribution in [1.29, 1.82) is 0 Å².